The molecular formula is C18H24OSi. The van der Waals surface area contributed by atoms with Crippen LogP contribution in [0.3, 0.4) is 0 Å². The van der Waals surface area contributed by atoms with Gasteiger partial charge in [-0.25, -0.2) is 0 Å². The maximum Gasteiger partial charge on any atom is 0.119 e. The van der Waals surface area contributed by atoms with Crippen LogP contribution in [-0.4, -0.2) is 14.7 Å². The van der Waals surface area contributed by atoms with Crippen LogP contribution in [0.1, 0.15) is 6.42 Å². The van der Waals surface area contributed by atoms with Crippen LogP contribution in [0.5, 0.6) is 5.75 Å². The fraction of sp³-hybridized carbons (Fsp3) is 0.333. The summed E-state index contributed by atoms with van der Waals surface area (Å²) in [6.07, 6.45) is 1.16. The molecule has 0 spiro atoms. The summed E-state index contributed by atoms with van der Waals surface area (Å²) < 4.78 is 5.89. The Balaban J connectivity index is 1.94. The summed E-state index contributed by atoms with van der Waals surface area (Å²) in [5.74, 6) is 0.974. The lowest BCUT2D eigenvalue weighted by Gasteiger charge is -2.15. The molecule has 0 aliphatic heterocycles. The van der Waals surface area contributed by atoms with Gasteiger partial charge < -0.3 is 4.74 Å². The molecule has 0 saturated heterocycles. The van der Waals surface area contributed by atoms with Crippen molar-refractivity contribution in [2.24, 2.45) is 0 Å². The van der Waals surface area contributed by atoms with Crippen LogP contribution in [0, 0.1) is 0 Å². The molecule has 0 unspecified atom stereocenters. The minimum Gasteiger partial charge on any atom is -0.494 e. The van der Waals surface area contributed by atoms with Crippen LogP contribution >= 0.6 is 0 Å². The van der Waals surface area contributed by atoms with Gasteiger partial charge in [0.15, 0.2) is 0 Å². The summed E-state index contributed by atoms with van der Waals surface area (Å²) in [4.78, 5) is 0. The Hall–Kier alpha value is -1.54. The van der Waals surface area contributed by atoms with Gasteiger partial charge in [0.25, 0.3) is 0 Å². The molecule has 2 aromatic carbocycles. The molecule has 20 heavy (non-hydrogen) atoms. The predicted octanol–water partition coefficient (Wildman–Crippen LogP) is 5.46. The summed E-state index contributed by atoms with van der Waals surface area (Å²) in [7, 11) is -0.939. The largest absolute Gasteiger partial charge is 0.494 e. The molecule has 0 radical (unpaired) electrons. The maximum atomic E-state index is 5.89. The predicted molar refractivity (Wildman–Crippen MR) is 90.1 cm³/mol. The monoisotopic (exact) mass is 284 g/mol. The second-order valence-electron chi connectivity index (χ2n) is 6.41. The highest BCUT2D eigenvalue weighted by Gasteiger charge is 2.11. The van der Waals surface area contributed by atoms with Crippen molar-refractivity contribution in [1.82, 2.24) is 0 Å². The standard InChI is InChI=1S/C18H24OSi/c1-20(2,3)14-8-13-19-18-12-7-11-17(15-18)16-9-5-4-6-10-16/h4-7,9-12,15H,8,13-14H2,1-3H3. The van der Waals surface area contributed by atoms with Crippen LogP contribution in [0.25, 0.3) is 11.1 Å². The topological polar surface area (TPSA) is 9.23 Å². The lowest BCUT2D eigenvalue weighted by Crippen LogP contribution is -2.19. The van der Waals surface area contributed by atoms with Gasteiger partial charge in [-0.15, -0.1) is 0 Å². The number of ether oxygens (including phenoxy) is 1. The smallest absolute Gasteiger partial charge is 0.119 e. The van der Waals surface area contributed by atoms with Gasteiger partial charge in [0, 0.05) is 8.07 Å². The Bertz CT molecular complexity index is 529. The van der Waals surface area contributed by atoms with Crippen LogP contribution in [0.15, 0.2) is 54.6 Å². The van der Waals surface area contributed by atoms with Crippen LogP contribution < -0.4 is 4.74 Å². The summed E-state index contributed by atoms with van der Waals surface area (Å²) in [5.41, 5.74) is 2.45. The molecule has 2 heteroatoms. The van der Waals surface area contributed by atoms with Crippen molar-refractivity contribution < 1.29 is 4.74 Å². The number of hydrogen-bond acceptors (Lipinski definition) is 1. The van der Waals surface area contributed by atoms with Gasteiger partial charge in [-0.2, -0.15) is 0 Å². The van der Waals surface area contributed by atoms with E-state index in [4.69, 9.17) is 4.74 Å². The van der Waals surface area contributed by atoms with E-state index in [2.05, 4.69) is 62.1 Å². The lowest BCUT2D eigenvalue weighted by atomic mass is 10.1. The summed E-state index contributed by atoms with van der Waals surface area (Å²) in [6, 6.07) is 20.1. The van der Waals surface area contributed by atoms with E-state index in [-0.39, 0.29) is 0 Å². The van der Waals surface area contributed by atoms with E-state index in [1.807, 2.05) is 12.1 Å². The maximum absolute atomic E-state index is 5.89. The molecule has 106 valence electrons. The Morgan fingerprint density at radius 1 is 0.850 bits per heavy atom. The molecule has 0 saturated carbocycles. The normalized spacial score (nSPS) is 11.3. The molecule has 0 bridgehead atoms. The van der Waals surface area contributed by atoms with Gasteiger partial charge in [0.05, 0.1) is 6.61 Å². The first-order chi connectivity index (χ1) is 9.54. The van der Waals surface area contributed by atoms with Gasteiger partial charge in [0.2, 0.25) is 0 Å². The van der Waals surface area contributed by atoms with Crippen LogP contribution in [0.2, 0.25) is 25.7 Å². The van der Waals surface area contributed by atoms with Crippen LogP contribution in [0.4, 0.5) is 0 Å². The molecule has 2 aromatic rings. The molecule has 0 heterocycles. The zero-order valence-corrected chi connectivity index (χ0v) is 13.7. The third-order valence-electron chi connectivity index (χ3n) is 3.28. The number of rotatable bonds is 6. The third kappa shape index (κ3) is 4.86. The van der Waals surface area contributed by atoms with Gasteiger partial charge in [0.1, 0.15) is 5.75 Å². The Morgan fingerprint density at radius 3 is 2.25 bits per heavy atom. The summed E-state index contributed by atoms with van der Waals surface area (Å²) in [5, 5.41) is 0. The minimum absolute atomic E-state index is 0.822. The zero-order valence-electron chi connectivity index (χ0n) is 12.7. The molecule has 1 nitrogen and oxygen atoms in total. The Morgan fingerprint density at radius 2 is 1.55 bits per heavy atom. The number of hydrogen-bond donors (Lipinski definition) is 0. The molecule has 0 amide bonds. The molecule has 0 aromatic heterocycles. The molecule has 0 aliphatic rings. The third-order valence-corrected chi connectivity index (χ3v) is 5.13. The van der Waals surface area contributed by atoms with Crippen molar-refractivity contribution >= 4 is 8.07 Å². The van der Waals surface area contributed by atoms with E-state index < -0.39 is 8.07 Å². The summed E-state index contributed by atoms with van der Waals surface area (Å²) in [6.45, 7) is 8.04. The second kappa shape index (κ2) is 6.75. The average molecular weight is 284 g/mol. The van der Waals surface area contributed by atoms with E-state index in [0.717, 1.165) is 18.8 Å². The molecule has 0 atom stereocenters. The second-order valence-corrected chi connectivity index (χ2v) is 12.0. The van der Waals surface area contributed by atoms with E-state index in [1.54, 1.807) is 0 Å². The fourth-order valence-electron chi connectivity index (χ4n) is 2.19. The Labute approximate surface area is 123 Å². The van der Waals surface area contributed by atoms with Crippen molar-refractivity contribution in [3.63, 3.8) is 0 Å². The minimum atomic E-state index is -0.939. The molecule has 0 aliphatic carbocycles. The molecule has 0 fully saturated rings. The number of benzene rings is 2. The van der Waals surface area contributed by atoms with E-state index in [0.29, 0.717) is 0 Å². The van der Waals surface area contributed by atoms with Crippen molar-refractivity contribution in [2.45, 2.75) is 32.1 Å². The highest BCUT2D eigenvalue weighted by molar-refractivity contribution is 6.76. The zero-order chi connectivity index (χ0) is 14.4. The fourth-order valence-corrected chi connectivity index (χ4v) is 3.39. The van der Waals surface area contributed by atoms with Gasteiger partial charge >= 0.3 is 0 Å². The molecular weight excluding hydrogens is 260 g/mol. The summed E-state index contributed by atoms with van der Waals surface area (Å²) >= 11 is 0. The van der Waals surface area contributed by atoms with Crippen LogP contribution in [-0.2, 0) is 0 Å². The van der Waals surface area contributed by atoms with E-state index in [9.17, 15) is 0 Å². The highest BCUT2D eigenvalue weighted by atomic mass is 28.3. The van der Waals surface area contributed by atoms with Gasteiger partial charge in [-0.05, 0) is 29.7 Å². The van der Waals surface area contributed by atoms with E-state index >= 15 is 0 Å². The quantitative estimate of drug-likeness (QED) is 0.505. The first-order valence-electron chi connectivity index (χ1n) is 7.33. The first kappa shape index (κ1) is 14.9. The Kier molecular flexibility index (Phi) is 5.02. The van der Waals surface area contributed by atoms with Crippen molar-refractivity contribution in [3.8, 4) is 16.9 Å². The first-order valence-corrected chi connectivity index (χ1v) is 11.0. The van der Waals surface area contributed by atoms with Crippen molar-refractivity contribution in [2.75, 3.05) is 6.61 Å². The van der Waals surface area contributed by atoms with E-state index in [1.165, 1.54) is 17.2 Å². The van der Waals surface area contributed by atoms with Gasteiger partial charge in [-0.1, -0.05) is 68.1 Å². The van der Waals surface area contributed by atoms with Gasteiger partial charge in [-0.3, -0.25) is 0 Å². The SMILES string of the molecule is C[Si](C)(C)CCCOc1cccc(-c2ccccc2)c1. The lowest BCUT2D eigenvalue weighted by molar-refractivity contribution is 0.317. The molecule has 2 rings (SSSR count). The highest BCUT2D eigenvalue weighted by Crippen LogP contribution is 2.23. The average Bonchev–Trinajstić information content (AvgIpc) is 2.44. The molecule has 0 N–H and O–H groups in total. The van der Waals surface area contributed by atoms with Crippen molar-refractivity contribution in [1.29, 1.82) is 0 Å². The van der Waals surface area contributed by atoms with Crippen molar-refractivity contribution in [3.05, 3.63) is 54.6 Å².